The monoisotopic (exact) mass is 440 g/mol. The van der Waals surface area contributed by atoms with E-state index in [1.54, 1.807) is 18.2 Å². The second-order valence-corrected chi connectivity index (χ2v) is 9.27. The second-order valence-electron chi connectivity index (χ2n) is 9.27. The van der Waals surface area contributed by atoms with Gasteiger partial charge in [0, 0.05) is 32.9 Å². The summed E-state index contributed by atoms with van der Waals surface area (Å²) in [6.07, 6.45) is 6.41. The highest BCUT2D eigenvalue weighted by atomic mass is 16.6. The number of fused-ring (bicyclic) bond motifs is 1. The van der Waals surface area contributed by atoms with Crippen molar-refractivity contribution in [1.29, 1.82) is 0 Å². The Morgan fingerprint density at radius 3 is 2.56 bits per heavy atom. The third-order valence-electron chi connectivity index (χ3n) is 5.70. The van der Waals surface area contributed by atoms with Crippen molar-refractivity contribution in [1.82, 2.24) is 19.9 Å². The molecule has 0 saturated carbocycles. The Balaban J connectivity index is 1.38. The van der Waals surface area contributed by atoms with Gasteiger partial charge in [0.2, 0.25) is 5.95 Å². The van der Waals surface area contributed by atoms with Crippen LogP contribution in [0.15, 0.2) is 24.5 Å². The number of pyridine rings is 1. The van der Waals surface area contributed by atoms with E-state index in [2.05, 4.69) is 25.2 Å². The summed E-state index contributed by atoms with van der Waals surface area (Å²) in [6, 6.07) is 4.00. The van der Waals surface area contributed by atoms with Crippen LogP contribution in [0.2, 0.25) is 0 Å². The molecule has 0 spiro atoms. The van der Waals surface area contributed by atoms with Gasteiger partial charge in [0.1, 0.15) is 11.4 Å². The normalized spacial score (nSPS) is 17.1. The summed E-state index contributed by atoms with van der Waals surface area (Å²) in [4.78, 5) is 30.1. The molecule has 1 saturated heterocycles. The van der Waals surface area contributed by atoms with Crippen molar-refractivity contribution in [3.8, 4) is 0 Å². The van der Waals surface area contributed by atoms with Crippen LogP contribution in [0.4, 0.5) is 22.2 Å². The number of carbonyl (C=O) groups excluding carboxylic acids is 1. The number of aromatic nitrogens is 3. The van der Waals surface area contributed by atoms with Crippen molar-refractivity contribution in [3.05, 3.63) is 35.8 Å². The van der Waals surface area contributed by atoms with Crippen LogP contribution in [0.3, 0.4) is 0 Å². The van der Waals surface area contributed by atoms with Crippen LogP contribution in [-0.4, -0.2) is 64.4 Å². The molecule has 1 fully saturated rings. The summed E-state index contributed by atoms with van der Waals surface area (Å²) in [5.74, 6) is 1.45. The van der Waals surface area contributed by atoms with E-state index in [1.807, 2.05) is 39.1 Å². The van der Waals surface area contributed by atoms with E-state index >= 15 is 0 Å². The standard InChI is InChI=1S/C23H32N6O3/c1-23(2,3)32-22(30)29-10-7-16-13-25-21(27-19(16)15-29)26-17-5-6-20(24-14-17)28-11-8-18(31-4)9-12-28/h5-6,13-14,18H,7-12,15H2,1-4H3,(H,25,26,27). The average Bonchev–Trinajstić information content (AvgIpc) is 2.78. The first-order valence-corrected chi connectivity index (χ1v) is 11.1. The molecule has 9 heteroatoms. The Bertz CT molecular complexity index is 936. The van der Waals surface area contributed by atoms with Gasteiger partial charge < -0.3 is 24.6 Å². The van der Waals surface area contributed by atoms with Crippen molar-refractivity contribution in [2.24, 2.45) is 0 Å². The maximum Gasteiger partial charge on any atom is 0.410 e. The molecule has 0 bridgehead atoms. The van der Waals surface area contributed by atoms with Gasteiger partial charge in [-0.3, -0.25) is 0 Å². The molecule has 0 atom stereocenters. The maximum absolute atomic E-state index is 12.4. The van der Waals surface area contributed by atoms with E-state index in [1.165, 1.54) is 0 Å². The van der Waals surface area contributed by atoms with E-state index < -0.39 is 5.60 Å². The molecule has 0 radical (unpaired) electrons. The van der Waals surface area contributed by atoms with Crippen LogP contribution in [-0.2, 0) is 22.4 Å². The molecule has 0 aromatic carbocycles. The van der Waals surface area contributed by atoms with Crippen molar-refractivity contribution >= 4 is 23.5 Å². The molecular formula is C23H32N6O3. The van der Waals surface area contributed by atoms with E-state index in [9.17, 15) is 4.79 Å². The minimum absolute atomic E-state index is 0.314. The molecule has 1 amide bonds. The zero-order valence-electron chi connectivity index (χ0n) is 19.3. The summed E-state index contributed by atoms with van der Waals surface area (Å²) in [6.45, 7) is 8.51. The van der Waals surface area contributed by atoms with Crippen LogP contribution < -0.4 is 10.2 Å². The fourth-order valence-electron chi connectivity index (χ4n) is 3.94. The van der Waals surface area contributed by atoms with Crippen molar-refractivity contribution in [2.75, 3.05) is 37.0 Å². The topological polar surface area (TPSA) is 92.7 Å². The van der Waals surface area contributed by atoms with Crippen LogP contribution in [0.5, 0.6) is 0 Å². The number of hydrogen-bond acceptors (Lipinski definition) is 8. The number of ether oxygens (including phenoxy) is 2. The van der Waals surface area contributed by atoms with E-state index in [0.717, 1.165) is 48.7 Å². The Hall–Kier alpha value is -2.94. The highest BCUT2D eigenvalue weighted by Gasteiger charge is 2.27. The number of amides is 1. The number of nitrogens with one attached hydrogen (secondary N) is 1. The number of carbonyl (C=O) groups is 1. The quantitative estimate of drug-likeness (QED) is 0.772. The Morgan fingerprint density at radius 1 is 1.12 bits per heavy atom. The van der Waals surface area contributed by atoms with Crippen molar-refractivity contribution in [2.45, 2.75) is 58.3 Å². The lowest BCUT2D eigenvalue weighted by molar-refractivity contribution is 0.0220. The Morgan fingerprint density at radius 2 is 1.91 bits per heavy atom. The van der Waals surface area contributed by atoms with Gasteiger partial charge in [-0.2, -0.15) is 0 Å². The minimum Gasteiger partial charge on any atom is -0.444 e. The zero-order valence-corrected chi connectivity index (χ0v) is 19.3. The number of rotatable bonds is 4. The Labute approximate surface area is 189 Å². The lowest BCUT2D eigenvalue weighted by Crippen LogP contribution is -2.40. The SMILES string of the molecule is COC1CCN(c2ccc(Nc3ncc4c(n3)CN(C(=O)OC(C)(C)C)CC4)cn2)CC1. The number of nitrogens with zero attached hydrogens (tertiary/aromatic N) is 5. The molecular weight excluding hydrogens is 408 g/mol. The van der Waals surface area contributed by atoms with Gasteiger partial charge in [-0.15, -0.1) is 0 Å². The summed E-state index contributed by atoms with van der Waals surface area (Å²) in [5, 5.41) is 3.22. The highest BCUT2D eigenvalue weighted by Crippen LogP contribution is 2.23. The van der Waals surface area contributed by atoms with Crippen LogP contribution >= 0.6 is 0 Å². The van der Waals surface area contributed by atoms with Crippen LogP contribution in [0.1, 0.15) is 44.9 Å². The van der Waals surface area contributed by atoms with Gasteiger partial charge in [0.15, 0.2) is 0 Å². The molecule has 4 heterocycles. The average molecular weight is 441 g/mol. The number of piperidine rings is 1. The predicted octanol–water partition coefficient (Wildman–Crippen LogP) is 3.52. The molecule has 0 aliphatic carbocycles. The third kappa shape index (κ3) is 5.45. The molecule has 4 rings (SSSR count). The van der Waals surface area contributed by atoms with Gasteiger partial charge in [0.05, 0.1) is 30.2 Å². The van der Waals surface area contributed by atoms with E-state index in [-0.39, 0.29) is 6.09 Å². The fraction of sp³-hybridized carbons (Fsp3) is 0.565. The minimum atomic E-state index is -0.519. The van der Waals surface area contributed by atoms with Gasteiger partial charge in [-0.25, -0.2) is 19.7 Å². The predicted molar refractivity (Wildman–Crippen MR) is 122 cm³/mol. The van der Waals surface area contributed by atoms with E-state index in [4.69, 9.17) is 9.47 Å². The van der Waals surface area contributed by atoms with E-state index in [0.29, 0.717) is 31.6 Å². The lowest BCUT2D eigenvalue weighted by atomic mass is 10.1. The van der Waals surface area contributed by atoms with Gasteiger partial charge in [0.25, 0.3) is 0 Å². The van der Waals surface area contributed by atoms with Gasteiger partial charge in [-0.1, -0.05) is 0 Å². The second kappa shape index (κ2) is 9.28. The first kappa shape index (κ1) is 22.3. The summed E-state index contributed by atoms with van der Waals surface area (Å²) < 4.78 is 10.9. The molecule has 9 nitrogen and oxygen atoms in total. The molecule has 2 aliphatic heterocycles. The van der Waals surface area contributed by atoms with Crippen molar-refractivity contribution < 1.29 is 14.3 Å². The molecule has 2 aliphatic rings. The van der Waals surface area contributed by atoms with Crippen LogP contribution in [0, 0.1) is 0 Å². The fourth-order valence-corrected chi connectivity index (χ4v) is 3.94. The number of anilines is 3. The molecule has 1 N–H and O–H groups in total. The Kier molecular flexibility index (Phi) is 6.45. The number of hydrogen-bond donors (Lipinski definition) is 1. The zero-order chi connectivity index (χ0) is 22.7. The first-order valence-electron chi connectivity index (χ1n) is 11.1. The first-order chi connectivity index (χ1) is 15.3. The summed E-state index contributed by atoms with van der Waals surface area (Å²) in [5.41, 5.74) is 2.20. The number of methoxy groups -OCH3 is 1. The van der Waals surface area contributed by atoms with Gasteiger partial charge in [-0.05, 0) is 57.7 Å². The van der Waals surface area contributed by atoms with Gasteiger partial charge >= 0.3 is 6.09 Å². The summed E-state index contributed by atoms with van der Waals surface area (Å²) in [7, 11) is 1.77. The third-order valence-corrected chi connectivity index (χ3v) is 5.70. The largest absolute Gasteiger partial charge is 0.444 e. The molecule has 32 heavy (non-hydrogen) atoms. The van der Waals surface area contributed by atoms with Crippen LogP contribution in [0.25, 0.3) is 0 Å². The van der Waals surface area contributed by atoms with Crippen molar-refractivity contribution in [3.63, 3.8) is 0 Å². The molecule has 2 aromatic rings. The lowest BCUT2D eigenvalue weighted by Gasteiger charge is -2.32. The highest BCUT2D eigenvalue weighted by molar-refractivity contribution is 5.68. The summed E-state index contributed by atoms with van der Waals surface area (Å²) >= 11 is 0. The molecule has 0 unspecified atom stereocenters. The molecule has 172 valence electrons. The molecule has 2 aromatic heterocycles. The smallest absolute Gasteiger partial charge is 0.410 e. The maximum atomic E-state index is 12.4.